The van der Waals surface area contributed by atoms with Crippen LogP contribution in [0.25, 0.3) is 0 Å². The average molecular weight is 341 g/mol. The minimum Gasteiger partial charge on any atom is -0.467 e. The monoisotopic (exact) mass is 341 g/mol. The molecular formula is C17H19N5O3. The van der Waals surface area contributed by atoms with Crippen molar-refractivity contribution in [3.05, 3.63) is 60.2 Å². The summed E-state index contributed by atoms with van der Waals surface area (Å²) in [4.78, 5) is 11.9. The van der Waals surface area contributed by atoms with E-state index < -0.39 is 0 Å². The molecule has 0 saturated heterocycles. The molecule has 0 saturated carbocycles. The third-order valence-corrected chi connectivity index (χ3v) is 3.44. The molecule has 0 spiro atoms. The molecule has 0 aliphatic carbocycles. The van der Waals surface area contributed by atoms with Crippen molar-refractivity contribution in [1.82, 2.24) is 15.5 Å². The van der Waals surface area contributed by atoms with E-state index in [1.807, 2.05) is 19.1 Å². The summed E-state index contributed by atoms with van der Waals surface area (Å²) in [6, 6.07) is 10.5. The summed E-state index contributed by atoms with van der Waals surface area (Å²) < 4.78 is 10.6. The minimum absolute atomic E-state index is 0.114. The van der Waals surface area contributed by atoms with E-state index >= 15 is 0 Å². The van der Waals surface area contributed by atoms with E-state index in [-0.39, 0.29) is 12.1 Å². The van der Waals surface area contributed by atoms with Crippen LogP contribution in [0.2, 0.25) is 0 Å². The van der Waals surface area contributed by atoms with Crippen LogP contribution in [0.5, 0.6) is 0 Å². The van der Waals surface area contributed by atoms with Crippen molar-refractivity contribution in [3.8, 4) is 0 Å². The number of furan rings is 1. The fraction of sp³-hybridized carbons (Fsp3) is 0.235. The molecule has 1 aromatic carbocycles. The Kier molecular flexibility index (Phi) is 4.98. The summed E-state index contributed by atoms with van der Waals surface area (Å²) in [5.41, 5.74) is 1.56. The lowest BCUT2D eigenvalue weighted by Gasteiger charge is -2.12. The van der Waals surface area contributed by atoms with E-state index in [4.69, 9.17) is 8.83 Å². The van der Waals surface area contributed by atoms with Crippen molar-refractivity contribution in [2.24, 2.45) is 0 Å². The molecule has 2 amide bonds. The van der Waals surface area contributed by atoms with E-state index in [1.165, 1.54) is 0 Å². The average Bonchev–Trinajstić information content (AvgIpc) is 3.26. The van der Waals surface area contributed by atoms with Crippen LogP contribution >= 0.6 is 0 Å². The minimum atomic E-state index is -0.299. The molecule has 130 valence electrons. The van der Waals surface area contributed by atoms with E-state index in [2.05, 4.69) is 26.1 Å². The topological polar surface area (TPSA) is 105 Å². The highest BCUT2D eigenvalue weighted by molar-refractivity contribution is 5.89. The number of carbonyl (C=O) groups is 1. The number of aromatic nitrogens is 2. The second-order valence-electron chi connectivity index (χ2n) is 5.49. The lowest BCUT2D eigenvalue weighted by molar-refractivity contribution is 0.251. The van der Waals surface area contributed by atoms with Gasteiger partial charge in [-0.3, -0.25) is 0 Å². The van der Waals surface area contributed by atoms with Gasteiger partial charge in [0.15, 0.2) is 0 Å². The Labute approximate surface area is 144 Å². The quantitative estimate of drug-likeness (QED) is 0.634. The number of hydrogen-bond acceptors (Lipinski definition) is 6. The maximum atomic E-state index is 11.9. The number of amides is 2. The number of urea groups is 1. The van der Waals surface area contributed by atoms with Gasteiger partial charge in [0.25, 0.3) is 0 Å². The number of anilines is 2. The van der Waals surface area contributed by atoms with Gasteiger partial charge in [0.2, 0.25) is 11.8 Å². The third-order valence-electron chi connectivity index (χ3n) is 3.44. The largest absolute Gasteiger partial charge is 0.467 e. The Bertz CT molecular complexity index is 811. The van der Waals surface area contributed by atoms with Crippen molar-refractivity contribution < 1.29 is 13.6 Å². The van der Waals surface area contributed by atoms with Crippen LogP contribution in [-0.4, -0.2) is 16.2 Å². The Balaban J connectivity index is 1.50. The van der Waals surface area contributed by atoms with Crippen LogP contribution in [0.1, 0.15) is 30.5 Å². The van der Waals surface area contributed by atoms with Crippen LogP contribution in [-0.2, 0) is 6.54 Å². The molecule has 0 radical (unpaired) electrons. The predicted molar refractivity (Wildman–Crippen MR) is 92.1 cm³/mol. The lowest BCUT2D eigenvalue weighted by atomic mass is 10.2. The zero-order chi connectivity index (χ0) is 17.6. The number of aryl methyl sites for hydroxylation is 1. The smallest absolute Gasteiger partial charge is 0.319 e. The molecule has 0 aliphatic heterocycles. The number of benzene rings is 1. The van der Waals surface area contributed by atoms with Crippen LogP contribution in [0, 0.1) is 6.92 Å². The fourth-order valence-electron chi connectivity index (χ4n) is 2.20. The predicted octanol–water partition coefficient (Wildman–Crippen LogP) is 3.47. The first-order valence-electron chi connectivity index (χ1n) is 7.84. The second kappa shape index (κ2) is 7.52. The van der Waals surface area contributed by atoms with Gasteiger partial charge >= 0.3 is 6.03 Å². The number of carbonyl (C=O) groups excluding carboxylic acids is 1. The molecule has 1 atom stereocenters. The van der Waals surface area contributed by atoms with Crippen LogP contribution in [0.4, 0.5) is 16.2 Å². The summed E-state index contributed by atoms with van der Waals surface area (Å²) in [5, 5.41) is 16.5. The highest BCUT2D eigenvalue weighted by Crippen LogP contribution is 2.20. The van der Waals surface area contributed by atoms with Crippen LogP contribution < -0.4 is 16.0 Å². The highest BCUT2D eigenvalue weighted by atomic mass is 16.4. The molecule has 0 fully saturated rings. The molecule has 0 bridgehead atoms. The van der Waals surface area contributed by atoms with Crippen molar-refractivity contribution in [2.45, 2.75) is 26.4 Å². The Morgan fingerprint density at radius 3 is 2.56 bits per heavy atom. The van der Waals surface area contributed by atoms with Gasteiger partial charge in [-0.2, -0.15) is 0 Å². The molecule has 8 heteroatoms. The number of hydrogen-bond donors (Lipinski definition) is 3. The van der Waals surface area contributed by atoms with E-state index in [0.29, 0.717) is 29.8 Å². The van der Waals surface area contributed by atoms with Crippen molar-refractivity contribution in [1.29, 1.82) is 0 Å². The van der Waals surface area contributed by atoms with Gasteiger partial charge in [0, 0.05) is 18.3 Å². The maximum Gasteiger partial charge on any atom is 0.319 e. The summed E-state index contributed by atoms with van der Waals surface area (Å²) >= 11 is 0. The molecule has 2 aromatic heterocycles. The molecule has 8 nitrogen and oxygen atoms in total. The lowest BCUT2D eigenvalue weighted by Crippen LogP contribution is -2.27. The van der Waals surface area contributed by atoms with Crippen molar-refractivity contribution >= 4 is 17.4 Å². The third kappa shape index (κ3) is 4.60. The van der Waals surface area contributed by atoms with E-state index in [0.717, 1.165) is 5.69 Å². The zero-order valence-electron chi connectivity index (χ0n) is 13.9. The molecule has 1 unspecified atom stereocenters. The van der Waals surface area contributed by atoms with Crippen LogP contribution in [0.3, 0.4) is 0 Å². The molecule has 25 heavy (non-hydrogen) atoms. The number of rotatable bonds is 6. The summed E-state index contributed by atoms with van der Waals surface area (Å²) in [6.45, 7) is 4.02. The standard InChI is InChI=1S/C17H19N5O3/c1-11(16-22-21-12(2)25-16)19-13-5-7-14(8-6-13)20-17(23)18-10-15-4-3-9-24-15/h3-9,11,19H,10H2,1-2H3,(H2,18,20,23). The molecule has 3 rings (SSSR count). The second-order valence-corrected chi connectivity index (χ2v) is 5.49. The molecule has 2 heterocycles. The number of nitrogens with one attached hydrogen (secondary N) is 3. The first kappa shape index (κ1) is 16.6. The normalized spacial score (nSPS) is 11.8. The zero-order valence-corrected chi connectivity index (χ0v) is 13.9. The Hall–Kier alpha value is -3.29. The van der Waals surface area contributed by atoms with Gasteiger partial charge in [0.1, 0.15) is 11.8 Å². The fourth-order valence-corrected chi connectivity index (χ4v) is 2.20. The van der Waals surface area contributed by atoms with E-state index in [9.17, 15) is 4.79 Å². The van der Waals surface area contributed by atoms with Crippen molar-refractivity contribution in [2.75, 3.05) is 10.6 Å². The van der Waals surface area contributed by atoms with Gasteiger partial charge in [-0.15, -0.1) is 10.2 Å². The molecule has 3 N–H and O–H groups in total. The first-order chi connectivity index (χ1) is 12.1. The highest BCUT2D eigenvalue weighted by Gasteiger charge is 2.12. The summed E-state index contributed by atoms with van der Waals surface area (Å²) in [6.07, 6.45) is 1.57. The van der Waals surface area contributed by atoms with Gasteiger partial charge in [0.05, 0.1) is 12.8 Å². The van der Waals surface area contributed by atoms with Gasteiger partial charge in [-0.1, -0.05) is 0 Å². The molecular weight excluding hydrogens is 322 g/mol. The Morgan fingerprint density at radius 2 is 1.92 bits per heavy atom. The summed E-state index contributed by atoms with van der Waals surface area (Å²) in [5.74, 6) is 1.75. The maximum absolute atomic E-state index is 11.9. The number of nitrogens with zero attached hydrogens (tertiary/aromatic N) is 2. The van der Waals surface area contributed by atoms with Crippen molar-refractivity contribution in [3.63, 3.8) is 0 Å². The SMILES string of the molecule is Cc1nnc(C(C)Nc2ccc(NC(=O)NCc3ccco3)cc2)o1. The van der Waals surface area contributed by atoms with Gasteiger partial charge in [-0.05, 0) is 43.3 Å². The van der Waals surface area contributed by atoms with Gasteiger partial charge < -0.3 is 24.8 Å². The first-order valence-corrected chi connectivity index (χ1v) is 7.84. The van der Waals surface area contributed by atoms with E-state index in [1.54, 1.807) is 37.5 Å². The molecule has 3 aromatic rings. The summed E-state index contributed by atoms with van der Waals surface area (Å²) in [7, 11) is 0. The molecule has 0 aliphatic rings. The Morgan fingerprint density at radius 1 is 1.16 bits per heavy atom. The van der Waals surface area contributed by atoms with Crippen LogP contribution in [0.15, 0.2) is 51.5 Å². The van der Waals surface area contributed by atoms with Gasteiger partial charge in [-0.25, -0.2) is 4.79 Å².